The lowest BCUT2D eigenvalue weighted by atomic mass is 10.3. The summed E-state index contributed by atoms with van der Waals surface area (Å²) in [6.07, 6.45) is -0.506. The Hall–Kier alpha value is -3.07. The van der Waals surface area contributed by atoms with Crippen molar-refractivity contribution in [3.05, 3.63) is 48.5 Å². The van der Waals surface area contributed by atoms with Crippen molar-refractivity contribution in [1.29, 1.82) is 0 Å². The number of ether oxygens (including phenoxy) is 2. The van der Waals surface area contributed by atoms with Gasteiger partial charge in [0.05, 0.1) is 19.4 Å². The second-order valence-corrected chi connectivity index (χ2v) is 7.01. The summed E-state index contributed by atoms with van der Waals surface area (Å²) in [5.74, 6) is -0.767. The molecule has 2 aromatic rings. The number of anilines is 2. The Morgan fingerprint density at radius 3 is 2.33 bits per heavy atom. The average Bonchev–Trinajstić information content (AvgIpc) is 2.62. The van der Waals surface area contributed by atoms with Crippen molar-refractivity contribution in [2.45, 2.75) is 18.2 Å². The fourth-order valence-corrected chi connectivity index (χ4v) is 3.43. The molecular formula is C18H20N2O6S. The van der Waals surface area contributed by atoms with Gasteiger partial charge in [-0.2, -0.15) is 0 Å². The van der Waals surface area contributed by atoms with E-state index in [1.165, 1.54) is 25.3 Å². The Labute approximate surface area is 157 Å². The third kappa shape index (κ3) is 5.71. The molecule has 1 amide bonds. The molecule has 0 aliphatic carbocycles. The van der Waals surface area contributed by atoms with Crippen molar-refractivity contribution in [2.24, 2.45) is 0 Å². The first kappa shape index (κ1) is 20.2. The van der Waals surface area contributed by atoms with Crippen LogP contribution in [-0.4, -0.2) is 34.0 Å². The Morgan fingerprint density at radius 2 is 1.70 bits per heavy atom. The maximum absolute atomic E-state index is 12.7. The minimum Gasteiger partial charge on any atom is -0.497 e. The highest BCUT2D eigenvalue weighted by Gasteiger charge is 2.20. The molecule has 0 atom stereocenters. The SMILES string of the molecule is CCOC(=O)CC(=O)Nc1ccccc1S(=O)(=O)Nc1ccc(OC)cc1. The minimum absolute atomic E-state index is 0.0628. The molecule has 0 aliphatic heterocycles. The highest BCUT2D eigenvalue weighted by molar-refractivity contribution is 7.92. The Balaban J connectivity index is 2.19. The van der Waals surface area contributed by atoms with Crippen LogP contribution in [0.25, 0.3) is 0 Å². The highest BCUT2D eigenvalue weighted by Crippen LogP contribution is 2.24. The van der Waals surface area contributed by atoms with Crippen LogP contribution in [0.5, 0.6) is 5.75 Å². The molecule has 0 radical (unpaired) electrons. The summed E-state index contributed by atoms with van der Waals surface area (Å²) in [5.41, 5.74) is 0.399. The smallest absolute Gasteiger partial charge is 0.315 e. The van der Waals surface area contributed by atoms with E-state index in [2.05, 4.69) is 10.0 Å². The van der Waals surface area contributed by atoms with E-state index in [1.54, 1.807) is 37.3 Å². The summed E-state index contributed by atoms with van der Waals surface area (Å²) in [4.78, 5) is 23.2. The van der Waals surface area contributed by atoms with Gasteiger partial charge in [0, 0.05) is 5.69 Å². The number of hydrogen-bond acceptors (Lipinski definition) is 6. The van der Waals surface area contributed by atoms with Crippen LogP contribution in [0.15, 0.2) is 53.4 Å². The van der Waals surface area contributed by atoms with Crippen LogP contribution in [0.4, 0.5) is 11.4 Å². The molecule has 8 nitrogen and oxygen atoms in total. The van der Waals surface area contributed by atoms with Gasteiger partial charge in [0.1, 0.15) is 17.1 Å². The monoisotopic (exact) mass is 392 g/mol. The van der Waals surface area contributed by atoms with E-state index < -0.39 is 28.3 Å². The van der Waals surface area contributed by atoms with Crippen LogP contribution < -0.4 is 14.8 Å². The van der Waals surface area contributed by atoms with E-state index in [1.807, 2.05) is 0 Å². The predicted octanol–water partition coefficient (Wildman–Crippen LogP) is 2.39. The molecule has 2 aromatic carbocycles. The zero-order valence-corrected chi connectivity index (χ0v) is 15.7. The normalized spacial score (nSPS) is 10.7. The van der Waals surface area contributed by atoms with Gasteiger partial charge in [-0.05, 0) is 43.3 Å². The van der Waals surface area contributed by atoms with Crippen molar-refractivity contribution < 1.29 is 27.5 Å². The Kier molecular flexibility index (Phi) is 6.78. The molecule has 0 aliphatic rings. The summed E-state index contributed by atoms with van der Waals surface area (Å²) in [6.45, 7) is 1.78. The predicted molar refractivity (Wildman–Crippen MR) is 100 cm³/mol. The number of carbonyl (C=O) groups excluding carboxylic acids is 2. The molecule has 0 heterocycles. The molecule has 0 bridgehead atoms. The first-order chi connectivity index (χ1) is 12.9. The van der Waals surface area contributed by atoms with Gasteiger partial charge in [0.2, 0.25) is 5.91 Å². The molecule has 0 unspecified atom stereocenters. The first-order valence-corrected chi connectivity index (χ1v) is 9.55. The van der Waals surface area contributed by atoms with E-state index in [0.29, 0.717) is 11.4 Å². The topological polar surface area (TPSA) is 111 Å². The van der Waals surface area contributed by atoms with Crippen LogP contribution in [0, 0.1) is 0 Å². The number of methoxy groups -OCH3 is 1. The second kappa shape index (κ2) is 9.04. The maximum atomic E-state index is 12.7. The van der Waals surface area contributed by atoms with Crippen LogP contribution in [0.1, 0.15) is 13.3 Å². The number of nitrogens with one attached hydrogen (secondary N) is 2. The number of rotatable bonds is 8. The quantitative estimate of drug-likeness (QED) is 0.527. The molecule has 0 aromatic heterocycles. The summed E-state index contributed by atoms with van der Waals surface area (Å²) in [7, 11) is -2.46. The molecule has 144 valence electrons. The Morgan fingerprint density at radius 1 is 1.04 bits per heavy atom. The van der Waals surface area contributed by atoms with Gasteiger partial charge in [-0.15, -0.1) is 0 Å². The third-order valence-electron chi connectivity index (χ3n) is 3.40. The summed E-state index contributed by atoms with van der Waals surface area (Å²) in [5, 5.41) is 2.43. The first-order valence-electron chi connectivity index (χ1n) is 8.07. The van der Waals surface area contributed by atoms with Crippen molar-refractivity contribution in [1.82, 2.24) is 0 Å². The molecule has 0 saturated carbocycles. The van der Waals surface area contributed by atoms with E-state index in [-0.39, 0.29) is 17.2 Å². The Bertz CT molecular complexity index is 910. The molecule has 0 fully saturated rings. The maximum Gasteiger partial charge on any atom is 0.315 e. The van der Waals surface area contributed by atoms with Crippen LogP contribution in [0.3, 0.4) is 0 Å². The van der Waals surface area contributed by atoms with Gasteiger partial charge in [-0.3, -0.25) is 14.3 Å². The lowest BCUT2D eigenvalue weighted by Gasteiger charge is -2.13. The van der Waals surface area contributed by atoms with Gasteiger partial charge in [0.15, 0.2) is 0 Å². The average molecular weight is 392 g/mol. The van der Waals surface area contributed by atoms with E-state index in [9.17, 15) is 18.0 Å². The molecule has 9 heteroatoms. The fourth-order valence-electron chi connectivity index (χ4n) is 2.21. The summed E-state index contributed by atoms with van der Waals surface area (Å²) < 4.78 is 37.6. The summed E-state index contributed by atoms with van der Waals surface area (Å²) >= 11 is 0. The number of hydrogen-bond donors (Lipinski definition) is 2. The van der Waals surface area contributed by atoms with Crippen molar-refractivity contribution in [3.8, 4) is 5.75 Å². The van der Waals surface area contributed by atoms with Gasteiger partial charge >= 0.3 is 5.97 Å². The number of carbonyl (C=O) groups is 2. The van der Waals surface area contributed by atoms with E-state index in [0.717, 1.165) is 0 Å². The van der Waals surface area contributed by atoms with Gasteiger partial charge < -0.3 is 14.8 Å². The molecule has 2 N–H and O–H groups in total. The second-order valence-electron chi connectivity index (χ2n) is 5.36. The zero-order chi connectivity index (χ0) is 19.9. The number of sulfonamides is 1. The van der Waals surface area contributed by atoms with Gasteiger partial charge in [-0.25, -0.2) is 8.42 Å². The number of amides is 1. The third-order valence-corrected chi connectivity index (χ3v) is 4.84. The van der Waals surface area contributed by atoms with Crippen LogP contribution in [0.2, 0.25) is 0 Å². The van der Waals surface area contributed by atoms with Gasteiger partial charge in [0.25, 0.3) is 10.0 Å². The summed E-state index contributed by atoms with van der Waals surface area (Å²) in [6, 6.07) is 12.2. The standard InChI is InChI=1S/C18H20N2O6S/c1-3-26-18(22)12-17(21)19-15-6-4-5-7-16(15)27(23,24)20-13-8-10-14(25-2)11-9-13/h4-11,20H,3,12H2,1-2H3,(H,19,21). The largest absolute Gasteiger partial charge is 0.497 e. The number of para-hydroxylation sites is 1. The van der Waals surface area contributed by atoms with Crippen molar-refractivity contribution >= 4 is 33.3 Å². The van der Waals surface area contributed by atoms with E-state index in [4.69, 9.17) is 9.47 Å². The molecule has 27 heavy (non-hydrogen) atoms. The minimum atomic E-state index is -3.97. The van der Waals surface area contributed by atoms with E-state index >= 15 is 0 Å². The fraction of sp³-hybridized carbons (Fsp3) is 0.222. The number of benzene rings is 2. The van der Waals surface area contributed by atoms with Crippen molar-refractivity contribution in [3.63, 3.8) is 0 Å². The van der Waals surface area contributed by atoms with Crippen LogP contribution in [-0.2, 0) is 24.3 Å². The molecule has 2 rings (SSSR count). The number of esters is 1. The lowest BCUT2D eigenvalue weighted by molar-refractivity contribution is -0.145. The zero-order valence-electron chi connectivity index (χ0n) is 14.9. The molecule has 0 spiro atoms. The highest BCUT2D eigenvalue weighted by atomic mass is 32.2. The van der Waals surface area contributed by atoms with Crippen LogP contribution >= 0.6 is 0 Å². The van der Waals surface area contributed by atoms with Gasteiger partial charge in [-0.1, -0.05) is 12.1 Å². The molecular weight excluding hydrogens is 372 g/mol. The molecule has 0 saturated heterocycles. The van der Waals surface area contributed by atoms with Crippen molar-refractivity contribution in [2.75, 3.05) is 23.8 Å². The lowest BCUT2D eigenvalue weighted by Crippen LogP contribution is -2.21.